The van der Waals surface area contributed by atoms with Crippen LogP contribution in [0.1, 0.15) is 36.0 Å². The topological polar surface area (TPSA) is 55.2 Å². The Balaban J connectivity index is 1.37. The first-order valence-corrected chi connectivity index (χ1v) is 10.6. The van der Waals surface area contributed by atoms with Gasteiger partial charge in [0.2, 0.25) is 0 Å². The molecule has 0 radical (unpaired) electrons. The van der Waals surface area contributed by atoms with Gasteiger partial charge >= 0.3 is 0 Å². The summed E-state index contributed by atoms with van der Waals surface area (Å²) in [5.41, 5.74) is 1.32. The van der Waals surface area contributed by atoms with Crippen LogP contribution < -0.4 is 10.1 Å². The minimum Gasteiger partial charge on any atom is -0.496 e. The number of piperidine rings is 1. The minimum atomic E-state index is 0.541. The molecule has 140 valence electrons. The maximum absolute atomic E-state index is 5.52. The number of ether oxygens (including phenoxy) is 1. The monoisotopic (exact) mass is 373 g/mol. The second-order valence-corrected chi connectivity index (χ2v) is 7.89. The Morgan fingerprint density at radius 1 is 1.23 bits per heavy atom. The molecule has 26 heavy (non-hydrogen) atoms. The molecule has 3 heterocycles. The summed E-state index contributed by atoms with van der Waals surface area (Å²) in [4.78, 5) is 3.74. The first kappa shape index (κ1) is 17.8. The molecule has 2 aliphatic rings. The fourth-order valence-electron chi connectivity index (χ4n) is 4.00. The number of nitrogens with one attached hydrogen (secondary N) is 1. The second-order valence-electron chi connectivity index (χ2n) is 7.04. The third-order valence-electron chi connectivity index (χ3n) is 5.46. The van der Waals surface area contributed by atoms with Crippen LogP contribution in [0, 0.1) is 0 Å². The first-order chi connectivity index (χ1) is 12.8. The fraction of sp³-hybridized carbons (Fsp3) is 0.579. The molecule has 0 bridgehead atoms. The summed E-state index contributed by atoms with van der Waals surface area (Å²) in [5, 5.41) is 12.2. The third kappa shape index (κ3) is 3.61. The molecular formula is C19H27N5OS. The summed E-state index contributed by atoms with van der Waals surface area (Å²) in [5.74, 6) is 3.81. The van der Waals surface area contributed by atoms with Gasteiger partial charge in [0.1, 0.15) is 17.4 Å². The molecule has 2 aromatic rings. The highest BCUT2D eigenvalue weighted by molar-refractivity contribution is 7.98. The van der Waals surface area contributed by atoms with Gasteiger partial charge in [0.15, 0.2) is 0 Å². The normalized spacial score (nSPS) is 18.7. The van der Waals surface area contributed by atoms with E-state index >= 15 is 0 Å². The molecule has 1 saturated heterocycles. The lowest BCUT2D eigenvalue weighted by Crippen LogP contribution is -2.34. The summed E-state index contributed by atoms with van der Waals surface area (Å²) < 4.78 is 7.86. The Morgan fingerprint density at radius 2 is 2.08 bits per heavy atom. The Morgan fingerprint density at radius 3 is 2.85 bits per heavy atom. The van der Waals surface area contributed by atoms with E-state index in [0.717, 1.165) is 63.7 Å². The molecule has 1 aromatic carbocycles. The summed E-state index contributed by atoms with van der Waals surface area (Å²) >= 11 is 1.73. The zero-order valence-corrected chi connectivity index (χ0v) is 16.4. The van der Waals surface area contributed by atoms with Crippen LogP contribution in [0.15, 0.2) is 23.1 Å². The van der Waals surface area contributed by atoms with Crippen LogP contribution in [0.3, 0.4) is 0 Å². The molecular weight excluding hydrogens is 346 g/mol. The fourth-order valence-corrected chi connectivity index (χ4v) is 4.55. The first-order valence-electron chi connectivity index (χ1n) is 9.34. The number of hydrogen-bond acceptors (Lipinski definition) is 6. The second kappa shape index (κ2) is 7.98. The lowest BCUT2D eigenvalue weighted by Gasteiger charge is -2.32. The predicted molar refractivity (Wildman–Crippen MR) is 104 cm³/mol. The van der Waals surface area contributed by atoms with Crippen LogP contribution in [0.2, 0.25) is 0 Å². The van der Waals surface area contributed by atoms with E-state index in [9.17, 15) is 0 Å². The van der Waals surface area contributed by atoms with Crippen molar-refractivity contribution in [2.24, 2.45) is 0 Å². The number of rotatable bonds is 5. The van der Waals surface area contributed by atoms with Gasteiger partial charge in [-0.25, -0.2) is 0 Å². The van der Waals surface area contributed by atoms with Gasteiger partial charge in [-0.2, -0.15) is 0 Å². The molecule has 1 N–H and O–H groups in total. The van der Waals surface area contributed by atoms with Gasteiger partial charge in [0.05, 0.1) is 13.7 Å². The van der Waals surface area contributed by atoms with Crippen molar-refractivity contribution >= 4 is 11.8 Å². The molecule has 0 spiro atoms. The average Bonchev–Trinajstić information content (AvgIpc) is 3.12. The maximum atomic E-state index is 5.52. The van der Waals surface area contributed by atoms with Crippen molar-refractivity contribution in [2.75, 3.05) is 33.0 Å². The SMILES string of the molecule is COc1cc(CN2CCC(c3nnc4n3CCNC4)CC2)ccc1SC. The zero-order valence-electron chi connectivity index (χ0n) is 15.6. The Bertz CT molecular complexity index is 754. The summed E-state index contributed by atoms with van der Waals surface area (Å²) in [6.07, 6.45) is 4.40. The highest BCUT2D eigenvalue weighted by Gasteiger charge is 2.27. The molecule has 1 fully saturated rings. The van der Waals surface area contributed by atoms with E-state index in [1.54, 1.807) is 18.9 Å². The van der Waals surface area contributed by atoms with Gasteiger partial charge in [-0.3, -0.25) is 4.90 Å². The van der Waals surface area contributed by atoms with Gasteiger partial charge in [0.25, 0.3) is 0 Å². The van der Waals surface area contributed by atoms with Crippen molar-refractivity contribution in [1.82, 2.24) is 25.0 Å². The van der Waals surface area contributed by atoms with E-state index in [0.29, 0.717) is 5.92 Å². The largest absolute Gasteiger partial charge is 0.496 e. The van der Waals surface area contributed by atoms with Crippen LogP contribution >= 0.6 is 11.8 Å². The van der Waals surface area contributed by atoms with E-state index in [1.165, 1.54) is 16.3 Å². The molecule has 0 aliphatic carbocycles. The average molecular weight is 374 g/mol. The lowest BCUT2D eigenvalue weighted by atomic mass is 9.95. The Hall–Kier alpha value is -1.57. The number of fused-ring (bicyclic) bond motifs is 1. The minimum absolute atomic E-state index is 0.541. The van der Waals surface area contributed by atoms with E-state index in [1.807, 2.05) is 0 Å². The van der Waals surface area contributed by atoms with E-state index in [2.05, 4.69) is 49.4 Å². The van der Waals surface area contributed by atoms with Crippen molar-refractivity contribution in [3.63, 3.8) is 0 Å². The molecule has 0 amide bonds. The lowest BCUT2D eigenvalue weighted by molar-refractivity contribution is 0.199. The van der Waals surface area contributed by atoms with Gasteiger partial charge in [-0.05, 0) is 49.9 Å². The molecule has 1 aromatic heterocycles. The third-order valence-corrected chi connectivity index (χ3v) is 6.24. The van der Waals surface area contributed by atoms with E-state index < -0.39 is 0 Å². The quantitative estimate of drug-likeness (QED) is 0.813. The number of likely N-dealkylation sites (tertiary alicyclic amines) is 1. The van der Waals surface area contributed by atoms with Crippen LogP contribution in [0.25, 0.3) is 0 Å². The number of benzene rings is 1. The summed E-state index contributed by atoms with van der Waals surface area (Å²) in [6, 6.07) is 6.57. The number of nitrogens with zero attached hydrogens (tertiary/aromatic N) is 4. The van der Waals surface area contributed by atoms with Crippen molar-refractivity contribution in [1.29, 1.82) is 0 Å². The molecule has 4 rings (SSSR count). The molecule has 7 heteroatoms. The smallest absolute Gasteiger partial charge is 0.147 e. The Labute approximate surface area is 159 Å². The van der Waals surface area contributed by atoms with Crippen molar-refractivity contribution < 1.29 is 4.74 Å². The van der Waals surface area contributed by atoms with Crippen LogP contribution in [-0.4, -0.2) is 52.7 Å². The zero-order chi connectivity index (χ0) is 17.9. The van der Waals surface area contributed by atoms with Crippen molar-refractivity contribution in [3.8, 4) is 5.75 Å². The highest BCUT2D eigenvalue weighted by Crippen LogP contribution is 2.31. The Kier molecular flexibility index (Phi) is 5.47. The van der Waals surface area contributed by atoms with E-state index in [-0.39, 0.29) is 0 Å². The summed E-state index contributed by atoms with van der Waals surface area (Å²) in [6.45, 7) is 6.07. The van der Waals surface area contributed by atoms with Crippen molar-refractivity contribution in [2.45, 2.75) is 43.3 Å². The molecule has 0 saturated carbocycles. The molecule has 0 unspecified atom stereocenters. The van der Waals surface area contributed by atoms with Gasteiger partial charge in [0, 0.05) is 30.4 Å². The van der Waals surface area contributed by atoms with Gasteiger partial charge < -0.3 is 14.6 Å². The summed E-state index contributed by atoms with van der Waals surface area (Å²) in [7, 11) is 1.75. The van der Waals surface area contributed by atoms with Gasteiger partial charge in [-0.1, -0.05) is 6.07 Å². The molecule has 2 aliphatic heterocycles. The highest BCUT2D eigenvalue weighted by atomic mass is 32.2. The van der Waals surface area contributed by atoms with Crippen LogP contribution in [-0.2, 0) is 19.6 Å². The van der Waals surface area contributed by atoms with Crippen LogP contribution in [0.5, 0.6) is 5.75 Å². The standard InChI is InChI=1S/C19H27N5OS/c1-25-16-11-14(3-4-17(16)26-2)13-23-8-5-15(6-9-23)19-22-21-18-12-20-7-10-24(18)19/h3-4,11,15,20H,5-10,12-13H2,1-2H3. The number of methoxy groups -OCH3 is 1. The maximum Gasteiger partial charge on any atom is 0.147 e. The van der Waals surface area contributed by atoms with Gasteiger partial charge in [-0.15, -0.1) is 22.0 Å². The predicted octanol–water partition coefficient (Wildman–Crippen LogP) is 2.49. The number of aromatic nitrogens is 3. The molecule has 0 atom stereocenters. The van der Waals surface area contributed by atoms with E-state index in [4.69, 9.17) is 4.74 Å². The van der Waals surface area contributed by atoms with Crippen LogP contribution in [0.4, 0.5) is 0 Å². The van der Waals surface area contributed by atoms with Crippen molar-refractivity contribution in [3.05, 3.63) is 35.4 Å². The number of thioether (sulfide) groups is 1. The molecule has 6 nitrogen and oxygen atoms in total. The number of hydrogen-bond donors (Lipinski definition) is 1.